The minimum atomic E-state index is -2.93. The van der Waals surface area contributed by atoms with Crippen molar-refractivity contribution in [2.45, 2.75) is 71.8 Å². The van der Waals surface area contributed by atoms with Crippen molar-refractivity contribution in [2.24, 2.45) is 5.92 Å². The first-order valence-electron chi connectivity index (χ1n) is 13.4. The van der Waals surface area contributed by atoms with Crippen molar-refractivity contribution in [3.8, 4) is 11.3 Å². The molecule has 3 aliphatic rings. The van der Waals surface area contributed by atoms with Crippen molar-refractivity contribution in [1.29, 1.82) is 0 Å². The minimum absolute atomic E-state index is 0.266. The lowest BCUT2D eigenvalue weighted by Crippen LogP contribution is -2.52. The average Bonchev–Trinajstić information content (AvgIpc) is 3.54. The topological polar surface area (TPSA) is 83.4 Å². The first-order chi connectivity index (χ1) is 17.5. The number of H-pyrrole nitrogens is 1. The molecule has 0 aromatic carbocycles. The largest absolute Gasteiger partial charge is 0.346 e. The predicted molar refractivity (Wildman–Crippen MR) is 152 cm³/mol. The number of sulfone groups is 1. The van der Waals surface area contributed by atoms with Gasteiger partial charge in [0.2, 0.25) is 0 Å². The van der Waals surface area contributed by atoms with Crippen LogP contribution in [0.5, 0.6) is 0 Å². The molecule has 2 aliphatic heterocycles. The van der Waals surface area contributed by atoms with E-state index < -0.39 is 9.84 Å². The van der Waals surface area contributed by atoms with E-state index >= 15 is 0 Å². The Morgan fingerprint density at radius 3 is 2.62 bits per heavy atom. The molecule has 9 heteroatoms. The van der Waals surface area contributed by atoms with E-state index in [2.05, 4.69) is 60.8 Å². The zero-order valence-electron chi connectivity index (χ0n) is 22.6. The third kappa shape index (κ3) is 4.14. The van der Waals surface area contributed by atoms with Gasteiger partial charge in [0, 0.05) is 47.4 Å². The molecule has 4 aromatic heterocycles. The van der Waals surface area contributed by atoms with E-state index in [-0.39, 0.29) is 5.75 Å². The summed E-state index contributed by atoms with van der Waals surface area (Å²) in [6, 6.07) is 0.497. The molecule has 7 rings (SSSR count). The second kappa shape index (κ2) is 8.92. The molecule has 3 fully saturated rings. The molecule has 7 nitrogen and oxygen atoms in total. The van der Waals surface area contributed by atoms with E-state index in [4.69, 9.17) is 0 Å². The molecule has 6 heterocycles. The third-order valence-electron chi connectivity index (χ3n) is 8.97. The van der Waals surface area contributed by atoms with Crippen LogP contribution >= 0.6 is 11.3 Å². The Morgan fingerprint density at radius 1 is 1.16 bits per heavy atom. The summed E-state index contributed by atoms with van der Waals surface area (Å²) < 4.78 is 25.4. The number of aromatic amines is 1. The molecule has 4 aromatic rings. The Balaban J connectivity index is 1.38. The molecule has 0 amide bonds. The molecule has 1 aliphatic carbocycles. The highest BCUT2D eigenvalue weighted by molar-refractivity contribution is 7.90. The number of rotatable bonds is 6. The molecular weight excluding hydrogens is 502 g/mol. The van der Waals surface area contributed by atoms with Gasteiger partial charge in [0.05, 0.1) is 11.4 Å². The van der Waals surface area contributed by atoms with Crippen LogP contribution in [-0.2, 0) is 9.84 Å². The van der Waals surface area contributed by atoms with Gasteiger partial charge in [-0.3, -0.25) is 4.90 Å². The van der Waals surface area contributed by atoms with Crippen LogP contribution in [0.1, 0.15) is 72.1 Å². The van der Waals surface area contributed by atoms with E-state index in [1.54, 1.807) is 6.33 Å². The molecule has 1 N–H and O–H groups in total. The summed E-state index contributed by atoms with van der Waals surface area (Å²) in [6.07, 6.45) is 8.67. The van der Waals surface area contributed by atoms with Gasteiger partial charge in [-0.25, -0.2) is 17.9 Å². The summed E-state index contributed by atoms with van der Waals surface area (Å²) >= 11 is 1.95. The normalized spacial score (nSPS) is 22.7. The molecule has 2 bridgehead atoms. The van der Waals surface area contributed by atoms with Gasteiger partial charge in [-0.15, -0.1) is 11.3 Å². The predicted octanol–water partition coefficient (Wildman–Crippen LogP) is 5.60. The van der Waals surface area contributed by atoms with E-state index in [1.807, 2.05) is 15.9 Å². The van der Waals surface area contributed by atoms with Crippen LogP contribution in [0, 0.1) is 26.7 Å². The van der Waals surface area contributed by atoms with Gasteiger partial charge in [0.15, 0.2) is 5.65 Å². The number of aryl methyl sites for hydroxylation is 2. The molecule has 3 atom stereocenters. The number of nitrogens with zero attached hydrogens (tertiary/aromatic N) is 4. The Bertz CT molecular complexity index is 1610. The summed E-state index contributed by atoms with van der Waals surface area (Å²) in [5.74, 6) is 1.82. The zero-order chi connectivity index (χ0) is 26.2. The SMILES string of the molecule is Cc1c(-c2[nH]c3sc([C@@H]4C[C@@H]5CCC4CN5CCS(C)(=O)=O)c(C)c3c2C(C)C)cn2ncnc2c1C. The van der Waals surface area contributed by atoms with Crippen molar-refractivity contribution < 1.29 is 8.42 Å². The van der Waals surface area contributed by atoms with Crippen LogP contribution in [-0.4, -0.2) is 64.0 Å². The second-order valence-corrected chi connectivity index (χ2v) is 15.0. The van der Waals surface area contributed by atoms with Crippen molar-refractivity contribution in [2.75, 3.05) is 25.1 Å². The highest BCUT2D eigenvalue weighted by Crippen LogP contribution is 2.51. The van der Waals surface area contributed by atoms with Crippen LogP contribution in [0.25, 0.3) is 27.1 Å². The van der Waals surface area contributed by atoms with E-state index in [9.17, 15) is 8.42 Å². The van der Waals surface area contributed by atoms with Gasteiger partial charge in [-0.1, -0.05) is 13.8 Å². The zero-order valence-corrected chi connectivity index (χ0v) is 24.3. The first kappa shape index (κ1) is 25.1. The third-order valence-corrected chi connectivity index (χ3v) is 11.2. The van der Waals surface area contributed by atoms with E-state index in [1.165, 1.54) is 67.7 Å². The van der Waals surface area contributed by atoms with Crippen molar-refractivity contribution in [1.82, 2.24) is 24.5 Å². The Hall–Kier alpha value is -2.23. The molecule has 1 saturated carbocycles. The highest BCUT2D eigenvalue weighted by Gasteiger charge is 2.42. The van der Waals surface area contributed by atoms with Crippen LogP contribution in [0.4, 0.5) is 0 Å². The van der Waals surface area contributed by atoms with Gasteiger partial charge < -0.3 is 4.98 Å². The molecule has 0 radical (unpaired) electrons. The van der Waals surface area contributed by atoms with Crippen LogP contribution in [0.3, 0.4) is 0 Å². The lowest BCUT2D eigenvalue weighted by Gasteiger charge is -2.49. The van der Waals surface area contributed by atoms with Crippen molar-refractivity contribution in [3.05, 3.63) is 39.7 Å². The average molecular weight is 540 g/mol. The number of nitrogens with one attached hydrogen (secondary N) is 1. The Morgan fingerprint density at radius 2 is 1.95 bits per heavy atom. The fraction of sp³-hybridized carbons (Fsp3) is 0.571. The molecule has 0 spiro atoms. The number of thiophene rings is 1. The van der Waals surface area contributed by atoms with E-state index in [0.29, 0.717) is 30.3 Å². The fourth-order valence-corrected chi connectivity index (χ4v) is 8.94. The lowest BCUT2D eigenvalue weighted by atomic mass is 9.70. The number of hydrogen-bond donors (Lipinski definition) is 1. The smallest absolute Gasteiger partial charge is 0.158 e. The number of hydrogen-bond acceptors (Lipinski definition) is 6. The fourth-order valence-electron chi connectivity index (χ4n) is 6.94. The quantitative estimate of drug-likeness (QED) is 0.345. The second-order valence-electron chi connectivity index (χ2n) is 11.6. The maximum absolute atomic E-state index is 11.8. The molecule has 198 valence electrons. The highest BCUT2D eigenvalue weighted by atomic mass is 32.2. The summed E-state index contributed by atoms with van der Waals surface area (Å²) in [4.78, 5) is 13.6. The summed E-state index contributed by atoms with van der Waals surface area (Å²) in [6.45, 7) is 12.9. The Kier molecular flexibility index (Phi) is 6.04. The standard InChI is InChI=1S/C28H37N5O2S2/c1-15(2)23-24-18(5)26(21-11-20-8-7-19(21)12-32(20)9-10-37(6,34)35)36-28(24)31-25(23)22-13-33-27(29-14-30-33)17(4)16(22)3/h13-15,19-21,31H,7-12H2,1-6H3/t19?,20-,21+/m0/s1. The van der Waals surface area contributed by atoms with Gasteiger partial charge in [0.25, 0.3) is 0 Å². The van der Waals surface area contributed by atoms with Gasteiger partial charge in [-0.05, 0) is 80.0 Å². The van der Waals surface area contributed by atoms with Gasteiger partial charge in [0.1, 0.15) is 21.0 Å². The van der Waals surface area contributed by atoms with Gasteiger partial charge >= 0.3 is 0 Å². The number of aromatic nitrogens is 4. The summed E-state index contributed by atoms with van der Waals surface area (Å²) in [5, 5.41) is 5.83. The molecule has 37 heavy (non-hydrogen) atoms. The van der Waals surface area contributed by atoms with Crippen LogP contribution in [0.15, 0.2) is 12.5 Å². The van der Waals surface area contributed by atoms with E-state index in [0.717, 1.165) is 18.6 Å². The monoisotopic (exact) mass is 539 g/mol. The maximum atomic E-state index is 11.8. The Labute approximate surface area is 223 Å². The summed E-state index contributed by atoms with van der Waals surface area (Å²) in [7, 11) is -2.93. The summed E-state index contributed by atoms with van der Waals surface area (Å²) in [5.41, 5.74) is 8.56. The molecular formula is C28H37N5O2S2. The minimum Gasteiger partial charge on any atom is -0.346 e. The van der Waals surface area contributed by atoms with Crippen LogP contribution < -0.4 is 0 Å². The van der Waals surface area contributed by atoms with Crippen LogP contribution in [0.2, 0.25) is 0 Å². The number of fused-ring (bicyclic) bond motifs is 5. The lowest BCUT2D eigenvalue weighted by molar-refractivity contribution is 0.0377. The van der Waals surface area contributed by atoms with Crippen molar-refractivity contribution in [3.63, 3.8) is 0 Å². The van der Waals surface area contributed by atoms with Gasteiger partial charge in [-0.2, -0.15) is 5.10 Å². The maximum Gasteiger partial charge on any atom is 0.158 e. The number of piperidine rings is 2. The molecule has 1 unspecified atom stereocenters. The molecule has 2 saturated heterocycles. The number of pyridine rings is 1. The first-order valence-corrected chi connectivity index (χ1v) is 16.3. The van der Waals surface area contributed by atoms with Crippen molar-refractivity contribution >= 4 is 37.0 Å².